The van der Waals surface area contributed by atoms with Gasteiger partial charge in [-0.2, -0.15) is 0 Å². The van der Waals surface area contributed by atoms with E-state index in [0.29, 0.717) is 11.1 Å². The zero-order valence-electron chi connectivity index (χ0n) is 9.31. The number of carboxylic acid groups (broad SMARTS) is 1. The number of carbonyl (C=O) groups is 1. The van der Waals surface area contributed by atoms with Crippen LogP contribution in [0.5, 0.6) is 0 Å². The minimum Gasteiger partial charge on any atom is -0.480 e. The summed E-state index contributed by atoms with van der Waals surface area (Å²) in [6.45, 7) is 1.59. The number of aryl methyl sites for hydroxylation is 2. The van der Waals surface area contributed by atoms with Gasteiger partial charge in [-0.3, -0.25) is 4.79 Å². The molecule has 0 aliphatic carbocycles. The third-order valence-electron chi connectivity index (χ3n) is 2.27. The van der Waals surface area contributed by atoms with Crippen molar-refractivity contribution in [3.8, 4) is 0 Å². The van der Waals surface area contributed by atoms with Crippen molar-refractivity contribution in [3.63, 3.8) is 0 Å². The third kappa shape index (κ3) is 4.52. The molecule has 17 heavy (non-hydrogen) atoms. The van der Waals surface area contributed by atoms with Gasteiger partial charge in [0.15, 0.2) is 9.84 Å². The Labute approximate surface area is 99.0 Å². The van der Waals surface area contributed by atoms with E-state index in [2.05, 4.69) is 0 Å². The van der Waals surface area contributed by atoms with Crippen molar-refractivity contribution in [2.45, 2.75) is 13.3 Å². The maximum Gasteiger partial charge on any atom is 0.318 e. The first kappa shape index (κ1) is 13.6. The van der Waals surface area contributed by atoms with Crippen LogP contribution in [0.3, 0.4) is 0 Å². The van der Waals surface area contributed by atoms with Gasteiger partial charge in [-0.15, -0.1) is 0 Å². The number of carboxylic acids is 1. The fraction of sp³-hybridized carbons (Fsp3) is 0.364. The Bertz CT molecular complexity index is 522. The van der Waals surface area contributed by atoms with E-state index in [-0.39, 0.29) is 18.0 Å². The molecule has 0 spiro atoms. The number of rotatable bonds is 5. The summed E-state index contributed by atoms with van der Waals surface area (Å²) in [6, 6.07) is 4.33. The molecule has 0 aliphatic rings. The quantitative estimate of drug-likeness (QED) is 0.862. The van der Waals surface area contributed by atoms with Crippen LogP contribution >= 0.6 is 0 Å². The molecule has 1 aromatic rings. The first-order valence-electron chi connectivity index (χ1n) is 4.97. The molecule has 0 saturated heterocycles. The highest BCUT2D eigenvalue weighted by atomic mass is 32.2. The van der Waals surface area contributed by atoms with Crippen LogP contribution in [0.4, 0.5) is 4.39 Å². The van der Waals surface area contributed by atoms with E-state index in [4.69, 9.17) is 5.11 Å². The molecule has 0 atom stereocenters. The standard InChI is InChI=1S/C11H13FO4S/c1-8-6-9(2-3-10(8)12)4-5-17(15,16)7-11(13)14/h2-3,6H,4-5,7H2,1H3,(H,13,14). The number of halogens is 1. The topological polar surface area (TPSA) is 71.4 Å². The molecule has 94 valence electrons. The summed E-state index contributed by atoms with van der Waals surface area (Å²) >= 11 is 0. The molecule has 4 nitrogen and oxygen atoms in total. The lowest BCUT2D eigenvalue weighted by Crippen LogP contribution is -2.19. The highest BCUT2D eigenvalue weighted by molar-refractivity contribution is 7.92. The van der Waals surface area contributed by atoms with E-state index in [1.54, 1.807) is 13.0 Å². The Kier molecular flexibility index (Phi) is 4.22. The smallest absolute Gasteiger partial charge is 0.318 e. The average Bonchev–Trinajstić information content (AvgIpc) is 2.18. The number of aliphatic carboxylic acids is 1. The van der Waals surface area contributed by atoms with Gasteiger partial charge in [0.25, 0.3) is 0 Å². The molecule has 0 heterocycles. The van der Waals surface area contributed by atoms with Crippen molar-refractivity contribution < 1.29 is 22.7 Å². The van der Waals surface area contributed by atoms with Crippen molar-refractivity contribution in [1.29, 1.82) is 0 Å². The van der Waals surface area contributed by atoms with Gasteiger partial charge in [0, 0.05) is 0 Å². The molecular weight excluding hydrogens is 247 g/mol. The second-order valence-electron chi connectivity index (χ2n) is 3.82. The molecule has 0 bridgehead atoms. The fourth-order valence-corrected chi connectivity index (χ4v) is 2.46. The summed E-state index contributed by atoms with van der Waals surface area (Å²) in [6.07, 6.45) is 0.191. The SMILES string of the molecule is Cc1cc(CCS(=O)(=O)CC(=O)O)ccc1F. The van der Waals surface area contributed by atoms with E-state index < -0.39 is 21.6 Å². The minimum atomic E-state index is -3.60. The highest BCUT2D eigenvalue weighted by Crippen LogP contribution is 2.10. The van der Waals surface area contributed by atoms with E-state index in [1.165, 1.54) is 12.1 Å². The van der Waals surface area contributed by atoms with Gasteiger partial charge >= 0.3 is 5.97 Å². The Balaban J connectivity index is 2.67. The van der Waals surface area contributed by atoms with Crippen LogP contribution in [0.1, 0.15) is 11.1 Å². The lowest BCUT2D eigenvalue weighted by molar-refractivity contribution is -0.134. The van der Waals surface area contributed by atoms with Gasteiger partial charge < -0.3 is 5.11 Å². The first-order chi connectivity index (χ1) is 7.80. The highest BCUT2D eigenvalue weighted by Gasteiger charge is 2.15. The Morgan fingerprint density at radius 3 is 2.59 bits per heavy atom. The molecule has 0 aliphatic heterocycles. The summed E-state index contributed by atoms with van der Waals surface area (Å²) < 4.78 is 35.6. The van der Waals surface area contributed by atoms with Gasteiger partial charge in [0.2, 0.25) is 0 Å². The van der Waals surface area contributed by atoms with Crippen molar-refractivity contribution >= 4 is 15.8 Å². The Morgan fingerprint density at radius 2 is 2.06 bits per heavy atom. The Hall–Kier alpha value is -1.43. The van der Waals surface area contributed by atoms with Crippen LogP contribution in [0.2, 0.25) is 0 Å². The monoisotopic (exact) mass is 260 g/mol. The van der Waals surface area contributed by atoms with Gasteiger partial charge in [-0.1, -0.05) is 12.1 Å². The Morgan fingerprint density at radius 1 is 1.41 bits per heavy atom. The van der Waals surface area contributed by atoms with Gasteiger partial charge in [-0.05, 0) is 30.5 Å². The fourth-order valence-electron chi connectivity index (χ4n) is 1.40. The predicted molar refractivity (Wildman–Crippen MR) is 61.1 cm³/mol. The van der Waals surface area contributed by atoms with Crippen molar-refractivity contribution in [2.24, 2.45) is 0 Å². The molecule has 0 unspecified atom stereocenters. The summed E-state index contributed by atoms with van der Waals surface area (Å²) in [5, 5.41) is 8.40. The second-order valence-corrected chi connectivity index (χ2v) is 6.00. The molecular formula is C11H13FO4S. The zero-order valence-corrected chi connectivity index (χ0v) is 10.1. The average molecular weight is 260 g/mol. The van der Waals surface area contributed by atoms with Crippen LogP contribution < -0.4 is 0 Å². The van der Waals surface area contributed by atoms with Gasteiger partial charge in [-0.25, -0.2) is 12.8 Å². The van der Waals surface area contributed by atoms with E-state index in [1.807, 2.05) is 0 Å². The maximum absolute atomic E-state index is 12.9. The number of hydrogen-bond donors (Lipinski definition) is 1. The van der Waals surface area contributed by atoms with Crippen molar-refractivity contribution in [2.75, 3.05) is 11.5 Å². The van der Waals surface area contributed by atoms with Crippen LogP contribution in [-0.2, 0) is 21.1 Å². The van der Waals surface area contributed by atoms with Crippen LogP contribution in [0.25, 0.3) is 0 Å². The van der Waals surface area contributed by atoms with Gasteiger partial charge in [0.1, 0.15) is 11.6 Å². The molecule has 1 aromatic carbocycles. The molecule has 0 radical (unpaired) electrons. The zero-order chi connectivity index (χ0) is 13.1. The van der Waals surface area contributed by atoms with Crippen LogP contribution in [-0.4, -0.2) is 31.0 Å². The summed E-state index contributed by atoms with van der Waals surface area (Å²) in [5.74, 6) is -2.82. The molecule has 0 saturated carbocycles. The molecule has 1 N–H and O–H groups in total. The minimum absolute atomic E-state index is 0.191. The molecule has 6 heteroatoms. The van der Waals surface area contributed by atoms with Crippen LogP contribution in [0.15, 0.2) is 18.2 Å². The number of hydrogen-bond acceptors (Lipinski definition) is 3. The lowest BCUT2D eigenvalue weighted by atomic mass is 10.1. The molecule has 0 amide bonds. The molecule has 0 aromatic heterocycles. The van der Waals surface area contributed by atoms with Crippen LogP contribution in [0, 0.1) is 12.7 Å². The van der Waals surface area contributed by atoms with E-state index in [0.717, 1.165) is 0 Å². The van der Waals surface area contributed by atoms with Crippen molar-refractivity contribution in [1.82, 2.24) is 0 Å². The van der Waals surface area contributed by atoms with Crippen molar-refractivity contribution in [3.05, 3.63) is 35.1 Å². The predicted octanol–water partition coefficient (Wildman–Crippen LogP) is 1.18. The normalized spacial score (nSPS) is 11.4. The molecule has 1 rings (SSSR count). The maximum atomic E-state index is 12.9. The second kappa shape index (κ2) is 5.27. The summed E-state index contributed by atoms with van der Waals surface area (Å²) in [5.41, 5.74) is 1.12. The lowest BCUT2D eigenvalue weighted by Gasteiger charge is -2.04. The largest absolute Gasteiger partial charge is 0.480 e. The van der Waals surface area contributed by atoms with E-state index in [9.17, 15) is 17.6 Å². The number of benzene rings is 1. The first-order valence-corrected chi connectivity index (χ1v) is 6.79. The number of sulfone groups is 1. The third-order valence-corrected chi connectivity index (χ3v) is 3.78. The summed E-state index contributed by atoms with van der Waals surface area (Å²) in [4.78, 5) is 10.3. The van der Waals surface area contributed by atoms with Gasteiger partial charge in [0.05, 0.1) is 5.75 Å². The summed E-state index contributed by atoms with van der Waals surface area (Å²) in [7, 11) is -3.60. The van der Waals surface area contributed by atoms with E-state index >= 15 is 0 Å². The molecule has 0 fully saturated rings.